The number of hydrogen-bond donors (Lipinski definition) is 3. The van der Waals surface area contributed by atoms with Gasteiger partial charge >= 0.3 is 0 Å². The van der Waals surface area contributed by atoms with Crippen LogP contribution in [0.2, 0.25) is 0 Å². The van der Waals surface area contributed by atoms with Crippen LogP contribution in [0.15, 0.2) is 89.8 Å². The molecule has 0 saturated carbocycles. The average molecular weight is 494 g/mol. The van der Waals surface area contributed by atoms with Gasteiger partial charge in [-0.1, -0.05) is 60.7 Å². The first kappa shape index (κ1) is 24.9. The monoisotopic (exact) mass is 493 g/mol. The van der Waals surface area contributed by atoms with E-state index in [1.165, 1.54) is 19.2 Å². The van der Waals surface area contributed by atoms with E-state index in [-0.39, 0.29) is 28.7 Å². The van der Waals surface area contributed by atoms with Gasteiger partial charge in [-0.3, -0.25) is 4.79 Å². The van der Waals surface area contributed by atoms with Gasteiger partial charge in [-0.05, 0) is 41.8 Å². The third-order valence-corrected chi connectivity index (χ3v) is 7.83. The molecule has 1 saturated heterocycles. The van der Waals surface area contributed by atoms with E-state index in [0.29, 0.717) is 31.8 Å². The molecular formula is C27H31N3O4S. The Bertz CT molecular complexity index is 1160. The average Bonchev–Trinajstić information content (AvgIpc) is 2.90. The highest BCUT2D eigenvalue weighted by Gasteiger charge is 2.30. The molecule has 1 aliphatic heterocycles. The van der Waals surface area contributed by atoms with Crippen molar-refractivity contribution in [3.63, 3.8) is 0 Å². The summed E-state index contributed by atoms with van der Waals surface area (Å²) < 4.78 is 33.5. The summed E-state index contributed by atoms with van der Waals surface area (Å²) in [5, 5.41) is 6.31. The molecule has 3 aromatic carbocycles. The Morgan fingerprint density at radius 3 is 2.11 bits per heavy atom. The van der Waals surface area contributed by atoms with Gasteiger partial charge in [-0.15, -0.1) is 0 Å². The van der Waals surface area contributed by atoms with Gasteiger partial charge in [-0.25, -0.2) is 13.1 Å². The Morgan fingerprint density at radius 1 is 0.943 bits per heavy atom. The summed E-state index contributed by atoms with van der Waals surface area (Å²) in [6.07, 6.45) is 0.426. The Hall–Kier alpha value is -3.20. The highest BCUT2D eigenvalue weighted by molar-refractivity contribution is 7.89. The van der Waals surface area contributed by atoms with Crippen molar-refractivity contribution in [3.8, 4) is 5.75 Å². The molecule has 35 heavy (non-hydrogen) atoms. The van der Waals surface area contributed by atoms with Crippen LogP contribution in [0.5, 0.6) is 5.75 Å². The van der Waals surface area contributed by atoms with E-state index in [4.69, 9.17) is 4.74 Å². The van der Waals surface area contributed by atoms with E-state index in [1.807, 2.05) is 36.4 Å². The van der Waals surface area contributed by atoms with E-state index in [1.54, 1.807) is 12.1 Å². The van der Waals surface area contributed by atoms with E-state index >= 15 is 0 Å². The minimum absolute atomic E-state index is 0.0299. The van der Waals surface area contributed by atoms with Crippen LogP contribution in [-0.2, 0) is 14.8 Å². The molecule has 0 unspecified atom stereocenters. The van der Waals surface area contributed by atoms with Gasteiger partial charge in [0.1, 0.15) is 5.75 Å². The SMILES string of the molecule is COc1ccc(S(=O)(=O)N[C@@H]2CNC[C@@H](C(=O)NCC(c3ccccc3)c3ccccc3)C2)cc1. The molecule has 0 aromatic heterocycles. The summed E-state index contributed by atoms with van der Waals surface area (Å²) >= 11 is 0. The third-order valence-electron chi connectivity index (χ3n) is 6.30. The summed E-state index contributed by atoms with van der Waals surface area (Å²) in [5.41, 5.74) is 2.26. The van der Waals surface area contributed by atoms with Gasteiger partial charge in [0.05, 0.1) is 17.9 Å². The number of rotatable bonds is 9. The zero-order valence-corrected chi connectivity index (χ0v) is 20.5. The number of methoxy groups -OCH3 is 1. The van der Waals surface area contributed by atoms with Crippen molar-refractivity contribution in [3.05, 3.63) is 96.1 Å². The maximum Gasteiger partial charge on any atom is 0.240 e. The topological polar surface area (TPSA) is 96.5 Å². The molecule has 184 valence electrons. The van der Waals surface area contributed by atoms with Crippen molar-refractivity contribution in [2.24, 2.45) is 5.92 Å². The summed E-state index contributed by atoms with van der Waals surface area (Å²) in [6.45, 7) is 1.44. The minimum Gasteiger partial charge on any atom is -0.497 e. The van der Waals surface area contributed by atoms with Crippen molar-refractivity contribution in [2.45, 2.75) is 23.3 Å². The number of benzene rings is 3. The maximum atomic E-state index is 13.1. The van der Waals surface area contributed by atoms with Gasteiger partial charge in [-0.2, -0.15) is 0 Å². The van der Waals surface area contributed by atoms with Gasteiger partial charge in [0.2, 0.25) is 15.9 Å². The molecular weight excluding hydrogens is 462 g/mol. The van der Waals surface area contributed by atoms with Gasteiger partial charge < -0.3 is 15.4 Å². The highest BCUT2D eigenvalue weighted by atomic mass is 32.2. The van der Waals surface area contributed by atoms with E-state index in [0.717, 1.165) is 11.1 Å². The molecule has 0 spiro atoms. The lowest BCUT2D eigenvalue weighted by Crippen LogP contribution is -2.52. The Labute approximate surface area is 207 Å². The molecule has 4 rings (SSSR count). The number of carbonyl (C=O) groups is 1. The first-order chi connectivity index (χ1) is 17.0. The standard InChI is InChI=1S/C27H31N3O4S/c1-34-24-12-14-25(15-13-24)35(32,33)30-23-16-22(17-28-18-23)27(31)29-19-26(20-8-4-2-5-9-20)21-10-6-3-7-11-21/h2-15,22-23,26,28,30H,16-19H2,1H3,(H,29,31)/t22-,23-/m0/s1. The molecule has 1 aliphatic rings. The fraction of sp³-hybridized carbons (Fsp3) is 0.296. The van der Waals surface area contributed by atoms with E-state index in [9.17, 15) is 13.2 Å². The zero-order chi connectivity index (χ0) is 24.7. The zero-order valence-electron chi connectivity index (χ0n) is 19.7. The number of hydrogen-bond acceptors (Lipinski definition) is 5. The molecule has 1 heterocycles. The lowest BCUT2D eigenvalue weighted by molar-refractivity contribution is -0.125. The van der Waals surface area contributed by atoms with Gasteiger partial charge in [0.15, 0.2) is 0 Å². The number of carbonyl (C=O) groups excluding carboxylic acids is 1. The number of nitrogens with one attached hydrogen (secondary N) is 3. The van der Waals surface area contributed by atoms with Crippen LogP contribution >= 0.6 is 0 Å². The summed E-state index contributed by atoms with van der Waals surface area (Å²) in [6, 6.07) is 26.1. The minimum atomic E-state index is -3.71. The van der Waals surface area contributed by atoms with Crippen LogP contribution in [0, 0.1) is 5.92 Å². The Balaban J connectivity index is 1.38. The van der Waals surface area contributed by atoms with Crippen LogP contribution < -0.4 is 20.1 Å². The second-order valence-corrected chi connectivity index (χ2v) is 10.4. The number of ether oxygens (including phenoxy) is 1. The van der Waals surface area contributed by atoms with Crippen LogP contribution in [0.4, 0.5) is 0 Å². The van der Waals surface area contributed by atoms with Crippen molar-refractivity contribution in [1.82, 2.24) is 15.4 Å². The maximum absolute atomic E-state index is 13.1. The quantitative estimate of drug-likeness (QED) is 0.426. The fourth-order valence-corrected chi connectivity index (χ4v) is 5.67. The van der Waals surface area contributed by atoms with Gasteiger partial charge in [0.25, 0.3) is 0 Å². The van der Waals surface area contributed by atoms with Crippen LogP contribution in [0.3, 0.4) is 0 Å². The normalized spacial score (nSPS) is 18.2. The van der Waals surface area contributed by atoms with Gasteiger partial charge in [0, 0.05) is 31.6 Å². The summed E-state index contributed by atoms with van der Waals surface area (Å²) in [7, 11) is -2.18. The molecule has 0 radical (unpaired) electrons. The van der Waals surface area contributed by atoms with Crippen molar-refractivity contribution < 1.29 is 17.9 Å². The summed E-state index contributed by atoms with van der Waals surface area (Å²) in [4.78, 5) is 13.2. The first-order valence-electron chi connectivity index (χ1n) is 11.7. The Morgan fingerprint density at radius 2 is 1.54 bits per heavy atom. The fourth-order valence-electron chi connectivity index (χ4n) is 4.42. The number of piperidine rings is 1. The largest absolute Gasteiger partial charge is 0.497 e. The highest BCUT2D eigenvalue weighted by Crippen LogP contribution is 2.24. The van der Waals surface area contributed by atoms with Crippen LogP contribution in [-0.4, -0.2) is 47.1 Å². The second-order valence-electron chi connectivity index (χ2n) is 8.70. The molecule has 7 nitrogen and oxygen atoms in total. The first-order valence-corrected chi connectivity index (χ1v) is 13.2. The smallest absolute Gasteiger partial charge is 0.240 e. The van der Waals surface area contributed by atoms with Crippen molar-refractivity contribution in [1.29, 1.82) is 0 Å². The molecule has 3 aromatic rings. The molecule has 2 atom stereocenters. The number of amides is 1. The second kappa shape index (κ2) is 11.5. The predicted molar refractivity (Wildman–Crippen MR) is 136 cm³/mol. The molecule has 3 N–H and O–H groups in total. The molecule has 0 bridgehead atoms. The van der Waals surface area contributed by atoms with Crippen molar-refractivity contribution in [2.75, 3.05) is 26.7 Å². The predicted octanol–water partition coefficient (Wildman–Crippen LogP) is 2.90. The molecule has 1 amide bonds. The third kappa shape index (κ3) is 6.48. The molecule has 1 fully saturated rings. The lowest BCUT2D eigenvalue weighted by atomic mass is 9.90. The lowest BCUT2D eigenvalue weighted by Gasteiger charge is -2.30. The van der Waals surface area contributed by atoms with E-state index < -0.39 is 10.0 Å². The Kier molecular flexibility index (Phi) is 8.17. The number of sulfonamides is 1. The molecule has 8 heteroatoms. The van der Waals surface area contributed by atoms with Crippen LogP contribution in [0.1, 0.15) is 23.5 Å². The van der Waals surface area contributed by atoms with Crippen molar-refractivity contribution >= 4 is 15.9 Å². The van der Waals surface area contributed by atoms with E-state index in [2.05, 4.69) is 39.6 Å². The molecule has 0 aliphatic carbocycles. The summed E-state index contributed by atoms with van der Waals surface area (Å²) in [5.74, 6) is 0.203. The van der Waals surface area contributed by atoms with Crippen LogP contribution in [0.25, 0.3) is 0 Å².